The molecule has 2 rings (SSSR count). The Balaban J connectivity index is 2.05. The molecular weight excluding hydrogens is 212 g/mol. The molecule has 0 unspecified atom stereocenters. The standard InChI is InChI=1S/C14H12N2O/c1-11-5-13(9-16-8-11)10-17-14-4-2-3-12(6-14)7-15/h2-6,8-9H,10H2,1H3. The van der Waals surface area contributed by atoms with Crippen molar-refractivity contribution in [3.8, 4) is 11.8 Å². The molecule has 1 heterocycles. The minimum atomic E-state index is 0.462. The zero-order valence-electron chi connectivity index (χ0n) is 9.55. The Hall–Kier alpha value is -2.34. The first kappa shape index (κ1) is 11.2. The number of benzene rings is 1. The Labute approximate surface area is 100 Å². The van der Waals surface area contributed by atoms with Crippen LogP contribution in [-0.4, -0.2) is 4.98 Å². The lowest BCUT2D eigenvalue weighted by atomic mass is 10.2. The summed E-state index contributed by atoms with van der Waals surface area (Å²) in [6.45, 7) is 2.45. The van der Waals surface area contributed by atoms with E-state index in [9.17, 15) is 0 Å². The van der Waals surface area contributed by atoms with Crippen molar-refractivity contribution in [2.24, 2.45) is 0 Å². The zero-order chi connectivity index (χ0) is 12.1. The zero-order valence-corrected chi connectivity index (χ0v) is 9.55. The Morgan fingerprint density at radius 2 is 2.18 bits per heavy atom. The lowest BCUT2D eigenvalue weighted by molar-refractivity contribution is 0.305. The smallest absolute Gasteiger partial charge is 0.121 e. The third-order valence-electron chi connectivity index (χ3n) is 2.30. The monoisotopic (exact) mass is 224 g/mol. The molecule has 0 radical (unpaired) electrons. The van der Waals surface area contributed by atoms with Crippen LogP contribution in [0.4, 0.5) is 0 Å². The number of hydrogen-bond donors (Lipinski definition) is 0. The quantitative estimate of drug-likeness (QED) is 0.805. The fourth-order valence-corrected chi connectivity index (χ4v) is 1.52. The second kappa shape index (κ2) is 5.13. The molecule has 0 atom stereocenters. The van der Waals surface area contributed by atoms with E-state index in [1.54, 1.807) is 24.5 Å². The van der Waals surface area contributed by atoms with E-state index in [1.165, 1.54) is 0 Å². The number of aryl methyl sites for hydroxylation is 1. The molecule has 0 N–H and O–H groups in total. The van der Waals surface area contributed by atoms with Crippen LogP contribution in [0.2, 0.25) is 0 Å². The molecule has 0 aliphatic heterocycles. The van der Waals surface area contributed by atoms with Crippen LogP contribution in [-0.2, 0) is 6.61 Å². The van der Waals surface area contributed by atoms with Gasteiger partial charge in [-0.05, 0) is 36.8 Å². The highest BCUT2D eigenvalue weighted by Crippen LogP contribution is 2.14. The van der Waals surface area contributed by atoms with Crippen LogP contribution in [0.1, 0.15) is 16.7 Å². The van der Waals surface area contributed by atoms with Crippen LogP contribution in [0.5, 0.6) is 5.75 Å². The minimum Gasteiger partial charge on any atom is -0.489 e. The summed E-state index contributed by atoms with van der Waals surface area (Å²) in [6, 6.07) is 11.2. The summed E-state index contributed by atoms with van der Waals surface area (Å²) >= 11 is 0. The summed E-state index contributed by atoms with van der Waals surface area (Å²) in [4.78, 5) is 4.10. The lowest BCUT2D eigenvalue weighted by Gasteiger charge is -2.06. The van der Waals surface area contributed by atoms with E-state index < -0.39 is 0 Å². The van der Waals surface area contributed by atoms with Gasteiger partial charge in [0, 0.05) is 18.0 Å². The second-order valence-corrected chi connectivity index (χ2v) is 3.80. The van der Waals surface area contributed by atoms with Crippen molar-refractivity contribution >= 4 is 0 Å². The maximum Gasteiger partial charge on any atom is 0.121 e. The number of hydrogen-bond acceptors (Lipinski definition) is 3. The van der Waals surface area contributed by atoms with Gasteiger partial charge < -0.3 is 4.74 Å². The largest absolute Gasteiger partial charge is 0.489 e. The van der Waals surface area contributed by atoms with Gasteiger partial charge in [-0.1, -0.05) is 6.07 Å². The Kier molecular flexibility index (Phi) is 3.37. The topological polar surface area (TPSA) is 45.9 Å². The number of rotatable bonds is 3. The molecule has 0 aliphatic carbocycles. The molecule has 0 saturated heterocycles. The van der Waals surface area contributed by atoms with E-state index in [2.05, 4.69) is 11.1 Å². The van der Waals surface area contributed by atoms with Crippen LogP contribution in [0.15, 0.2) is 42.7 Å². The van der Waals surface area contributed by atoms with Crippen molar-refractivity contribution in [3.63, 3.8) is 0 Å². The van der Waals surface area contributed by atoms with Crippen LogP contribution >= 0.6 is 0 Å². The van der Waals surface area contributed by atoms with Gasteiger partial charge in [0.1, 0.15) is 12.4 Å². The van der Waals surface area contributed by atoms with E-state index in [0.29, 0.717) is 17.9 Å². The number of pyridine rings is 1. The SMILES string of the molecule is Cc1cncc(COc2cccc(C#N)c2)c1. The number of aromatic nitrogens is 1. The molecule has 0 saturated carbocycles. The first-order valence-corrected chi connectivity index (χ1v) is 5.31. The number of nitriles is 1. The highest BCUT2D eigenvalue weighted by molar-refractivity contribution is 5.36. The van der Waals surface area contributed by atoms with E-state index in [1.807, 2.05) is 25.1 Å². The maximum absolute atomic E-state index is 8.77. The molecule has 17 heavy (non-hydrogen) atoms. The summed E-state index contributed by atoms with van der Waals surface area (Å²) < 4.78 is 5.60. The number of ether oxygens (including phenoxy) is 1. The Morgan fingerprint density at radius 1 is 1.29 bits per heavy atom. The predicted octanol–water partition coefficient (Wildman–Crippen LogP) is 2.84. The van der Waals surface area contributed by atoms with Crippen LogP contribution in [0.25, 0.3) is 0 Å². The van der Waals surface area contributed by atoms with E-state index in [0.717, 1.165) is 11.1 Å². The van der Waals surface area contributed by atoms with Crippen molar-refractivity contribution in [1.82, 2.24) is 4.98 Å². The van der Waals surface area contributed by atoms with Gasteiger partial charge in [0.05, 0.1) is 11.6 Å². The van der Waals surface area contributed by atoms with Gasteiger partial charge in [0.25, 0.3) is 0 Å². The fourth-order valence-electron chi connectivity index (χ4n) is 1.52. The molecule has 0 fully saturated rings. The molecule has 1 aromatic heterocycles. The number of nitrogens with zero attached hydrogens (tertiary/aromatic N) is 2. The van der Waals surface area contributed by atoms with Crippen LogP contribution in [0.3, 0.4) is 0 Å². The van der Waals surface area contributed by atoms with E-state index in [-0.39, 0.29) is 0 Å². The lowest BCUT2D eigenvalue weighted by Crippen LogP contribution is -1.96. The molecule has 0 bridgehead atoms. The molecule has 0 amide bonds. The van der Waals surface area contributed by atoms with Crippen molar-refractivity contribution < 1.29 is 4.74 Å². The minimum absolute atomic E-state index is 0.462. The van der Waals surface area contributed by atoms with Crippen molar-refractivity contribution in [3.05, 3.63) is 59.4 Å². The van der Waals surface area contributed by atoms with Crippen molar-refractivity contribution in [2.45, 2.75) is 13.5 Å². The summed E-state index contributed by atoms with van der Waals surface area (Å²) in [5, 5.41) is 8.77. The first-order chi connectivity index (χ1) is 8.28. The molecular formula is C14H12N2O. The van der Waals surface area contributed by atoms with E-state index >= 15 is 0 Å². The van der Waals surface area contributed by atoms with Crippen LogP contribution < -0.4 is 4.74 Å². The fraction of sp³-hybridized carbons (Fsp3) is 0.143. The summed E-state index contributed by atoms with van der Waals surface area (Å²) in [5.41, 5.74) is 2.73. The molecule has 3 nitrogen and oxygen atoms in total. The van der Waals surface area contributed by atoms with Gasteiger partial charge in [-0.25, -0.2) is 0 Å². The molecule has 1 aromatic carbocycles. The molecule has 0 aliphatic rings. The average Bonchev–Trinajstić information content (AvgIpc) is 2.37. The molecule has 3 heteroatoms. The summed E-state index contributed by atoms with van der Waals surface area (Å²) in [7, 11) is 0. The van der Waals surface area contributed by atoms with Gasteiger partial charge >= 0.3 is 0 Å². The van der Waals surface area contributed by atoms with Gasteiger partial charge in [0.2, 0.25) is 0 Å². The highest BCUT2D eigenvalue weighted by Gasteiger charge is 1.98. The van der Waals surface area contributed by atoms with Gasteiger partial charge in [-0.2, -0.15) is 5.26 Å². The van der Waals surface area contributed by atoms with E-state index in [4.69, 9.17) is 10.00 Å². The normalized spacial score (nSPS) is 9.65. The second-order valence-electron chi connectivity index (χ2n) is 3.80. The van der Waals surface area contributed by atoms with Crippen molar-refractivity contribution in [1.29, 1.82) is 5.26 Å². The third-order valence-corrected chi connectivity index (χ3v) is 2.30. The third kappa shape index (κ3) is 3.05. The van der Waals surface area contributed by atoms with Gasteiger partial charge in [-0.3, -0.25) is 4.98 Å². The van der Waals surface area contributed by atoms with Crippen molar-refractivity contribution in [2.75, 3.05) is 0 Å². The predicted molar refractivity (Wildman–Crippen MR) is 64.5 cm³/mol. The maximum atomic E-state index is 8.77. The summed E-state index contributed by atoms with van der Waals surface area (Å²) in [6.07, 6.45) is 3.58. The first-order valence-electron chi connectivity index (χ1n) is 5.31. The summed E-state index contributed by atoms with van der Waals surface area (Å²) in [5.74, 6) is 0.700. The molecule has 2 aromatic rings. The van der Waals surface area contributed by atoms with Gasteiger partial charge in [0.15, 0.2) is 0 Å². The Morgan fingerprint density at radius 3 is 2.94 bits per heavy atom. The highest BCUT2D eigenvalue weighted by atomic mass is 16.5. The van der Waals surface area contributed by atoms with Crippen LogP contribution in [0, 0.1) is 18.3 Å². The molecule has 84 valence electrons. The Bertz CT molecular complexity index is 558. The van der Waals surface area contributed by atoms with Gasteiger partial charge in [-0.15, -0.1) is 0 Å². The average molecular weight is 224 g/mol. The molecule has 0 spiro atoms.